The monoisotopic (exact) mass is 175 g/mol. The molecule has 0 radical (unpaired) electrons. The van der Waals surface area contributed by atoms with Crippen LogP contribution < -0.4 is 0 Å². The molecule has 4 atom stereocenters. The van der Waals surface area contributed by atoms with Crippen LogP contribution >= 0.6 is 0 Å². The second-order valence-corrected chi connectivity index (χ2v) is 2.46. The Kier molecular flexibility index (Phi) is 2.85. The minimum absolute atomic E-state index is 0.105. The molecule has 0 amide bonds. The molecular weight excluding hydrogens is 166 g/mol. The smallest absolute Gasteiger partial charge is 0.183 e. The molecular formula is C5H9N3O4. The predicted molar refractivity (Wildman–Crippen MR) is 36.9 cm³/mol. The van der Waals surface area contributed by atoms with Gasteiger partial charge in [-0.1, -0.05) is 5.11 Å². The first-order chi connectivity index (χ1) is 5.66. The summed E-state index contributed by atoms with van der Waals surface area (Å²) in [5.41, 5.74) is 7.94. The molecule has 7 nitrogen and oxygen atoms in total. The maximum atomic E-state index is 9.14. The van der Waals surface area contributed by atoms with Crippen LogP contribution in [0.4, 0.5) is 0 Å². The molecule has 0 aromatic heterocycles. The van der Waals surface area contributed by atoms with Crippen LogP contribution in [0.25, 0.3) is 10.4 Å². The molecule has 12 heavy (non-hydrogen) atoms. The van der Waals surface area contributed by atoms with Gasteiger partial charge in [-0.25, -0.2) is 0 Å². The van der Waals surface area contributed by atoms with Gasteiger partial charge in [-0.3, -0.25) is 0 Å². The first-order valence-electron chi connectivity index (χ1n) is 3.37. The van der Waals surface area contributed by atoms with Crippen molar-refractivity contribution in [3.05, 3.63) is 10.4 Å². The highest BCUT2D eigenvalue weighted by molar-refractivity contribution is 4.86. The van der Waals surface area contributed by atoms with E-state index in [1.165, 1.54) is 0 Å². The molecule has 1 fully saturated rings. The van der Waals surface area contributed by atoms with E-state index in [0.29, 0.717) is 0 Å². The average molecular weight is 175 g/mol. The molecule has 0 spiro atoms. The largest absolute Gasteiger partial charge is 0.387 e. The van der Waals surface area contributed by atoms with Gasteiger partial charge in [0.15, 0.2) is 6.29 Å². The summed E-state index contributed by atoms with van der Waals surface area (Å²) in [6.07, 6.45) is -4.76. The van der Waals surface area contributed by atoms with Crippen LogP contribution in [0, 0.1) is 0 Å². The van der Waals surface area contributed by atoms with Crippen LogP contribution in [0.5, 0.6) is 0 Å². The van der Waals surface area contributed by atoms with Crippen molar-refractivity contribution in [2.24, 2.45) is 5.11 Å². The van der Waals surface area contributed by atoms with Gasteiger partial charge in [0, 0.05) is 4.91 Å². The van der Waals surface area contributed by atoms with E-state index in [1.54, 1.807) is 0 Å². The number of hydrogen-bond donors (Lipinski definition) is 3. The van der Waals surface area contributed by atoms with E-state index in [0.717, 1.165) is 0 Å². The van der Waals surface area contributed by atoms with Crippen molar-refractivity contribution in [3.8, 4) is 0 Å². The zero-order chi connectivity index (χ0) is 9.14. The molecule has 68 valence electrons. The fourth-order valence-corrected chi connectivity index (χ4v) is 0.997. The maximum absolute atomic E-state index is 9.14. The molecule has 0 aromatic rings. The van der Waals surface area contributed by atoms with Gasteiger partial charge < -0.3 is 20.1 Å². The molecule has 0 bridgehead atoms. The van der Waals surface area contributed by atoms with Crippen LogP contribution in [-0.2, 0) is 4.74 Å². The van der Waals surface area contributed by atoms with E-state index in [9.17, 15) is 0 Å². The van der Waals surface area contributed by atoms with Gasteiger partial charge in [0.1, 0.15) is 12.2 Å². The van der Waals surface area contributed by atoms with Crippen LogP contribution in [0.1, 0.15) is 0 Å². The Hall–Kier alpha value is -0.850. The summed E-state index contributed by atoms with van der Waals surface area (Å²) in [6.45, 7) is -0.105. The lowest BCUT2D eigenvalue weighted by atomic mass is 10.1. The average Bonchev–Trinajstić information content (AvgIpc) is 2.30. The normalized spacial score (nSPS) is 40.9. The van der Waals surface area contributed by atoms with Gasteiger partial charge >= 0.3 is 0 Å². The Morgan fingerprint density at radius 3 is 2.42 bits per heavy atom. The van der Waals surface area contributed by atoms with Gasteiger partial charge in [0.2, 0.25) is 0 Å². The Morgan fingerprint density at radius 1 is 1.33 bits per heavy atom. The molecule has 2 unspecified atom stereocenters. The molecule has 1 saturated heterocycles. The molecule has 0 aromatic carbocycles. The second kappa shape index (κ2) is 3.70. The van der Waals surface area contributed by atoms with Crippen molar-refractivity contribution in [1.29, 1.82) is 0 Å². The highest BCUT2D eigenvalue weighted by Crippen LogP contribution is 2.19. The number of nitrogens with zero attached hydrogens (tertiary/aromatic N) is 3. The first-order valence-corrected chi connectivity index (χ1v) is 3.37. The molecule has 0 saturated carbocycles. The Morgan fingerprint density at radius 2 is 2.00 bits per heavy atom. The third-order valence-corrected chi connectivity index (χ3v) is 1.66. The van der Waals surface area contributed by atoms with Gasteiger partial charge in [0.25, 0.3) is 0 Å². The van der Waals surface area contributed by atoms with E-state index in [1.807, 2.05) is 0 Å². The standard InChI is InChI=1S/C5H9N3O4/c6-8-7-1-2-3(9)4(10)5(11)12-2/h2-5,9-11H,1H2/t2?,3-,4+,5?/m0/s1. The summed E-state index contributed by atoms with van der Waals surface area (Å²) < 4.78 is 4.68. The summed E-state index contributed by atoms with van der Waals surface area (Å²) >= 11 is 0. The SMILES string of the molecule is [N-]=[N+]=NCC1OC(O)[C@H](O)[C@H]1O. The fourth-order valence-electron chi connectivity index (χ4n) is 0.997. The minimum Gasteiger partial charge on any atom is -0.387 e. The number of ether oxygens (including phenoxy) is 1. The van der Waals surface area contributed by atoms with E-state index in [2.05, 4.69) is 14.8 Å². The summed E-state index contributed by atoms with van der Waals surface area (Å²) in [5.74, 6) is 0. The van der Waals surface area contributed by atoms with Crippen LogP contribution in [0.15, 0.2) is 5.11 Å². The third kappa shape index (κ3) is 1.66. The zero-order valence-corrected chi connectivity index (χ0v) is 6.11. The number of hydrogen-bond acceptors (Lipinski definition) is 5. The van der Waals surface area contributed by atoms with Gasteiger partial charge in [0.05, 0.1) is 12.6 Å². The number of rotatable bonds is 2. The number of azide groups is 1. The third-order valence-electron chi connectivity index (χ3n) is 1.66. The maximum Gasteiger partial charge on any atom is 0.183 e. The van der Waals surface area contributed by atoms with Crippen molar-refractivity contribution in [2.45, 2.75) is 24.6 Å². The summed E-state index contributed by atoms with van der Waals surface area (Å²) in [6, 6.07) is 0. The minimum atomic E-state index is -1.40. The van der Waals surface area contributed by atoms with Crippen molar-refractivity contribution in [1.82, 2.24) is 0 Å². The van der Waals surface area contributed by atoms with E-state index < -0.39 is 24.6 Å². The summed E-state index contributed by atoms with van der Waals surface area (Å²) in [4.78, 5) is 2.45. The zero-order valence-electron chi connectivity index (χ0n) is 6.11. The van der Waals surface area contributed by atoms with Crippen LogP contribution in [0.3, 0.4) is 0 Å². The number of aliphatic hydroxyl groups excluding tert-OH is 3. The van der Waals surface area contributed by atoms with Crippen molar-refractivity contribution >= 4 is 0 Å². The lowest BCUT2D eigenvalue weighted by Gasteiger charge is -2.10. The Labute approximate surface area is 67.8 Å². The quantitative estimate of drug-likeness (QED) is 0.275. The predicted octanol–water partition coefficient (Wildman–Crippen LogP) is -1.26. The molecule has 7 heteroatoms. The Bertz CT molecular complexity index is 205. The lowest BCUT2D eigenvalue weighted by molar-refractivity contribution is -0.125. The second-order valence-electron chi connectivity index (χ2n) is 2.46. The highest BCUT2D eigenvalue weighted by atomic mass is 16.6. The molecule has 1 rings (SSSR count). The van der Waals surface area contributed by atoms with Crippen LogP contribution in [-0.4, -0.2) is 46.5 Å². The van der Waals surface area contributed by atoms with Crippen molar-refractivity contribution in [2.75, 3.05) is 6.54 Å². The van der Waals surface area contributed by atoms with E-state index in [-0.39, 0.29) is 6.54 Å². The highest BCUT2D eigenvalue weighted by Gasteiger charge is 2.41. The van der Waals surface area contributed by atoms with Crippen LogP contribution in [0.2, 0.25) is 0 Å². The molecule has 1 aliphatic rings. The lowest BCUT2D eigenvalue weighted by Crippen LogP contribution is -2.33. The van der Waals surface area contributed by atoms with E-state index in [4.69, 9.17) is 20.9 Å². The fraction of sp³-hybridized carbons (Fsp3) is 1.00. The number of aliphatic hydroxyl groups is 3. The van der Waals surface area contributed by atoms with Crippen molar-refractivity contribution in [3.63, 3.8) is 0 Å². The molecule has 1 aliphatic heterocycles. The van der Waals surface area contributed by atoms with Gasteiger partial charge in [-0.05, 0) is 5.53 Å². The van der Waals surface area contributed by atoms with Gasteiger partial charge in [-0.2, -0.15) is 0 Å². The summed E-state index contributed by atoms with van der Waals surface area (Å²) in [5, 5.41) is 30.1. The van der Waals surface area contributed by atoms with Gasteiger partial charge in [-0.15, -0.1) is 0 Å². The topological polar surface area (TPSA) is 119 Å². The molecule has 3 N–H and O–H groups in total. The molecule has 1 heterocycles. The van der Waals surface area contributed by atoms with Crippen molar-refractivity contribution < 1.29 is 20.1 Å². The molecule has 0 aliphatic carbocycles. The Balaban J connectivity index is 2.52. The first kappa shape index (κ1) is 9.24. The van der Waals surface area contributed by atoms with E-state index >= 15 is 0 Å². The summed E-state index contributed by atoms with van der Waals surface area (Å²) in [7, 11) is 0.